The van der Waals surface area contributed by atoms with Gasteiger partial charge in [0.05, 0.1) is 6.04 Å². The van der Waals surface area contributed by atoms with E-state index < -0.39 is 28.9 Å². The van der Waals surface area contributed by atoms with E-state index in [4.69, 9.17) is 20.4 Å². The molecule has 1 radical (unpaired) electrons. The van der Waals surface area contributed by atoms with Crippen molar-refractivity contribution < 1.29 is 9.53 Å². The number of hydrogen-bond acceptors (Lipinski definition) is 8. The molecule has 0 aromatic carbocycles. The van der Waals surface area contributed by atoms with Gasteiger partial charge in [-0.05, 0) is 6.92 Å². The van der Waals surface area contributed by atoms with Gasteiger partial charge in [0.15, 0.2) is 0 Å². The van der Waals surface area contributed by atoms with Crippen molar-refractivity contribution in [2.75, 3.05) is 57.4 Å². The molecule has 8 nitrogen and oxygen atoms in total. The molecule has 10 heteroatoms. The summed E-state index contributed by atoms with van der Waals surface area (Å²) in [6.45, 7) is 9.03. The number of carbonyl (C=O) groups is 1. The van der Waals surface area contributed by atoms with Crippen molar-refractivity contribution in [3.63, 3.8) is 0 Å². The molecule has 32 heavy (non-hydrogen) atoms. The summed E-state index contributed by atoms with van der Waals surface area (Å²) in [4.78, 5) is 30.1. The van der Waals surface area contributed by atoms with E-state index >= 15 is 0 Å². The fourth-order valence-electron chi connectivity index (χ4n) is 4.32. The first-order valence-electron chi connectivity index (χ1n) is 11.2. The molecule has 2 fully saturated rings. The third-order valence-corrected chi connectivity index (χ3v) is 9.95. The third-order valence-electron chi connectivity index (χ3n) is 6.09. The number of nitrogens with two attached hydrogens (primary N) is 1. The number of amides is 1. The van der Waals surface area contributed by atoms with Crippen LogP contribution in [0.25, 0.3) is 15.8 Å². The van der Waals surface area contributed by atoms with Crippen molar-refractivity contribution in [3.8, 4) is 0 Å². The second-order valence-corrected chi connectivity index (χ2v) is 12.7. The Morgan fingerprint density at radius 2 is 2.00 bits per heavy atom. The van der Waals surface area contributed by atoms with E-state index in [1.165, 1.54) is 15.2 Å². The van der Waals surface area contributed by atoms with E-state index in [0.29, 0.717) is 0 Å². The molecule has 2 N–H and O–H groups in total. The number of anilines is 1. The van der Waals surface area contributed by atoms with Crippen LogP contribution >= 0.6 is 11.3 Å². The van der Waals surface area contributed by atoms with Crippen LogP contribution in [0.2, 0.25) is 0 Å². The minimum atomic E-state index is -0.701. The molecule has 5 rings (SSSR count). The summed E-state index contributed by atoms with van der Waals surface area (Å²) in [7, 11) is 0. The van der Waals surface area contributed by atoms with E-state index in [9.17, 15) is 4.79 Å². The molecule has 2 saturated heterocycles. The Bertz CT molecular complexity index is 1050. The van der Waals surface area contributed by atoms with Gasteiger partial charge >= 0.3 is 175 Å². The van der Waals surface area contributed by atoms with Crippen molar-refractivity contribution >= 4 is 61.8 Å². The topological polar surface area (TPSA) is 87.8 Å². The number of thiophene rings is 1. The summed E-state index contributed by atoms with van der Waals surface area (Å²) in [6.07, 6.45) is 2.20. The Kier molecular flexibility index (Phi) is 6.84. The van der Waals surface area contributed by atoms with Crippen LogP contribution in [0.5, 0.6) is 0 Å². The number of fused-ring (bicyclic) bond motifs is 1. The molecule has 5 heterocycles. The van der Waals surface area contributed by atoms with Crippen molar-refractivity contribution in [3.05, 3.63) is 30.5 Å². The van der Waals surface area contributed by atoms with Crippen LogP contribution in [0.15, 0.2) is 19.8 Å². The molecule has 3 aliphatic rings. The van der Waals surface area contributed by atoms with E-state index in [0.717, 1.165) is 76.2 Å². The number of carbonyl (C=O) groups excluding carboxylic acids is 1. The van der Waals surface area contributed by atoms with Gasteiger partial charge in [0.1, 0.15) is 0 Å². The molecule has 2 aromatic heterocycles. The second kappa shape index (κ2) is 9.80. The first kappa shape index (κ1) is 22.3. The fraction of sp³-hybridized carbons (Fsp3) is 0.500. The quantitative estimate of drug-likeness (QED) is 0.592. The number of piperazine rings is 1. The first-order valence-corrected chi connectivity index (χ1v) is 15.8. The van der Waals surface area contributed by atoms with Crippen LogP contribution in [-0.2, 0) is 16.1 Å². The zero-order valence-corrected chi connectivity index (χ0v) is 22.5. The van der Waals surface area contributed by atoms with E-state index in [-0.39, 0.29) is 5.91 Å². The molecular formula is C22H28InN6O2S. The predicted octanol–water partition coefficient (Wildman–Crippen LogP) is 1.09. The molecule has 3 aliphatic heterocycles. The molecule has 0 spiro atoms. The van der Waals surface area contributed by atoms with E-state index in [1.807, 2.05) is 4.90 Å². The normalized spacial score (nSPS) is 20.5. The Labute approximate surface area is 203 Å². The van der Waals surface area contributed by atoms with Gasteiger partial charge in [-0.2, -0.15) is 0 Å². The van der Waals surface area contributed by atoms with Gasteiger partial charge in [-0.15, -0.1) is 0 Å². The zero-order valence-electron chi connectivity index (χ0n) is 18.4. The number of nitrogens with zero attached hydrogens (tertiary/aromatic N) is 5. The van der Waals surface area contributed by atoms with E-state index in [2.05, 4.69) is 29.6 Å². The average molecular weight is 555 g/mol. The van der Waals surface area contributed by atoms with Crippen LogP contribution in [0, 0.1) is 0 Å². The maximum atomic E-state index is 12.2. The number of hydrogen-bond donors (Lipinski definition) is 1. The van der Waals surface area contributed by atoms with Crippen LogP contribution in [-0.4, -0.2) is 107 Å². The van der Waals surface area contributed by atoms with Crippen LogP contribution in [0.4, 0.5) is 5.82 Å². The zero-order chi connectivity index (χ0) is 22.1. The average Bonchev–Trinajstić information content (AvgIpc) is 3.49. The maximum absolute atomic E-state index is 12.2. The number of morpholine rings is 1. The van der Waals surface area contributed by atoms with Crippen molar-refractivity contribution in [1.82, 2.24) is 19.8 Å². The van der Waals surface area contributed by atoms with Gasteiger partial charge in [-0.1, -0.05) is 0 Å². The summed E-state index contributed by atoms with van der Waals surface area (Å²) in [5.41, 5.74) is 7.99. The molecule has 1 amide bonds. The number of aromatic nitrogens is 2. The van der Waals surface area contributed by atoms with Gasteiger partial charge in [-0.3, -0.25) is 4.79 Å². The van der Waals surface area contributed by atoms with Crippen molar-refractivity contribution in [2.24, 2.45) is 5.73 Å². The minimum absolute atomic E-state index is 0.0453. The molecule has 0 bridgehead atoms. The molecule has 0 saturated carbocycles. The second-order valence-electron chi connectivity index (χ2n) is 8.46. The molecule has 1 atom stereocenters. The van der Waals surface area contributed by atoms with Gasteiger partial charge < -0.3 is 5.73 Å². The summed E-state index contributed by atoms with van der Waals surface area (Å²) in [5.74, 6) is 1.95. The Hall–Kier alpha value is -1.46. The van der Waals surface area contributed by atoms with Crippen LogP contribution in [0.1, 0.15) is 17.6 Å². The van der Waals surface area contributed by atoms with Crippen LogP contribution in [0.3, 0.4) is 0 Å². The fourth-order valence-corrected chi connectivity index (χ4v) is 8.03. The molecule has 0 unspecified atom stereocenters. The Morgan fingerprint density at radius 3 is 2.69 bits per heavy atom. The monoisotopic (exact) mass is 555 g/mol. The first-order chi connectivity index (χ1) is 15.6. The molecule has 2 aromatic rings. The summed E-state index contributed by atoms with van der Waals surface area (Å²) in [5, 5.41) is 0. The summed E-state index contributed by atoms with van der Waals surface area (Å²) >= 11 is 1.10. The van der Waals surface area contributed by atoms with Crippen LogP contribution < -0.4 is 10.6 Å². The number of rotatable bonds is 5. The van der Waals surface area contributed by atoms with Gasteiger partial charge in [0, 0.05) is 0 Å². The number of ether oxygens (including phenoxy) is 1. The molecular weight excluding hydrogens is 527 g/mol. The molecule has 0 aliphatic carbocycles. The third kappa shape index (κ3) is 4.75. The predicted molar refractivity (Wildman–Crippen MR) is 129 cm³/mol. The SMILES string of the molecule is C[C@@H](N)C(=O)N1CCN(Cc2cc3nc(C4=[CH][In][CH]=C4)nc(N4CCOCC4)c3s2)CC1. The van der Waals surface area contributed by atoms with Crippen molar-refractivity contribution in [2.45, 2.75) is 19.5 Å². The van der Waals surface area contributed by atoms with Gasteiger partial charge in [-0.25, -0.2) is 0 Å². The Morgan fingerprint density at radius 1 is 1.22 bits per heavy atom. The van der Waals surface area contributed by atoms with Gasteiger partial charge in [0.25, 0.3) is 0 Å². The Balaban J connectivity index is 1.38. The van der Waals surface area contributed by atoms with E-state index in [1.54, 1.807) is 18.3 Å². The van der Waals surface area contributed by atoms with Gasteiger partial charge in [0.2, 0.25) is 5.91 Å². The summed E-state index contributed by atoms with van der Waals surface area (Å²) < 4.78 is 11.4. The summed E-state index contributed by atoms with van der Waals surface area (Å²) in [6, 6.07) is 1.80. The van der Waals surface area contributed by atoms with Crippen molar-refractivity contribution in [1.29, 1.82) is 0 Å². The number of allylic oxidation sites excluding steroid dienone is 2. The molecule has 167 valence electrons. The standard InChI is InChI=1S/C22H28N6O2S.In/c1-4-15(2)20-24-18-13-17(14-26-5-7-28(8-6-26)22(29)16(3)23)31-19(18)21(25-20)27-9-11-30-12-10-27;/h1-2,4,13,16H,5-12,14,23H2,3H3;/t16-;/m1./s1.